The number of hydrogen-bond acceptors (Lipinski definition) is 4. The zero-order chi connectivity index (χ0) is 16.0. The molecule has 0 aliphatic heterocycles. The van der Waals surface area contributed by atoms with Gasteiger partial charge in [-0.05, 0) is 43.5 Å². The van der Waals surface area contributed by atoms with E-state index in [2.05, 4.69) is 4.72 Å². The summed E-state index contributed by atoms with van der Waals surface area (Å²) in [6, 6.07) is 3.17. The second-order valence-corrected chi connectivity index (χ2v) is 7.99. The molecule has 5 nitrogen and oxygen atoms in total. The highest BCUT2D eigenvalue weighted by Crippen LogP contribution is 2.41. The highest BCUT2D eigenvalue weighted by molar-refractivity contribution is 7.89. The van der Waals surface area contributed by atoms with Crippen LogP contribution < -0.4 is 9.46 Å². The summed E-state index contributed by atoms with van der Waals surface area (Å²) in [6.07, 6.45) is -0.0243. The summed E-state index contributed by atoms with van der Waals surface area (Å²) < 4.78 is 33.2. The number of hydrogen-bond donors (Lipinski definition) is 2. The first-order chi connectivity index (χ1) is 9.59. The molecule has 1 saturated carbocycles. The third-order valence-corrected chi connectivity index (χ3v) is 6.23. The first kappa shape index (κ1) is 16.3. The maximum atomic E-state index is 12.6. The molecule has 2 rings (SSSR count). The van der Waals surface area contributed by atoms with Crippen molar-refractivity contribution in [2.24, 2.45) is 5.41 Å². The smallest absolute Gasteiger partial charge is 0.241 e. The maximum absolute atomic E-state index is 12.6. The summed E-state index contributed by atoms with van der Waals surface area (Å²) in [5, 5.41) is 9.74. The van der Waals surface area contributed by atoms with E-state index < -0.39 is 21.5 Å². The Balaban J connectivity index is 2.33. The number of nitrogens with one attached hydrogen (secondary N) is 1. The zero-order valence-electron chi connectivity index (χ0n) is 13.1. The van der Waals surface area contributed by atoms with Crippen LogP contribution >= 0.6 is 0 Å². The fourth-order valence-electron chi connectivity index (χ4n) is 2.80. The molecule has 1 aromatic carbocycles. The number of benzene rings is 1. The molecule has 0 aromatic heterocycles. The molecule has 2 N–H and O–H groups in total. The number of aryl methyl sites for hydroxylation is 2. The zero-order valence-corrected chi connectivity index (χ0v) is 13.9. The fourth-order valence-corrected chi connectivity index (χ4v) is 4.66. The Morgan fingerprint density at radius 2 is 1.81 bits per heavy atom. The number of ether oxygens (including phenoxy) is 1. The number of aliphatic hydroxyl groups is 1. The van der Waals surface area contributed by atoms with Gasteiger partial charge in [0.15, 0.2) is 0 Å². The summed E-state index contributed by atoms with van der Waals surface area (Å²) in [4.78, 5) is 0.292. The van der Waals surface area contributed by atoms with Crippen molar-refractivity contribution in [2.75, 3.05) is 7.11 Å². The Kier molecular flexibility index (Phi) is 4.08. The summed E-state index contributed by atoms with van der Waals surface area (Å²) in [5.41, 5.74) is 0.857. The van der Waals surface area contributed by atoms with E-state index in [1.807, 2.05) is 13.8 Å². The van der Waals surface area contributed by atoms with Crippen LogP contribution in [0.2, 0.25) is 0 Å². The van der Waals surface area contributed by atoms with Crippen molar-refractivity contribution >= 4 is 10.0 Å². The van der Waals surface area contributed by atoms with Gasteiger partial charge in [0.25, 0.3) is 0 Å². The second-order valence-electron chi connectivity index (χ2n) is 6.34. The molecule has 0 heterocycles. The van der Waals surface area contributed by atoms with Crippen molar-refractivity contribution in [3.8, 4) is 5.75 Å². The van der Waals surface area contributed by atoms with Gasteiger partial charge < -0.3 is 9.84 Å². The Bertz CT molecular complexity index is 629. The molecule has 1 aliphatic rings. The van der Waals surface area contributed by atoms with Crippen LogP contribution in [0, 0.1) is 19.3 Å². The number of rotatable bonds is 4. The topological polar surface area (TPSA) is 75.6 Å². The number of aliphatic hydroxyl groups excluding tert-OH is 1. The highest BCUT2D eigenvalue weighted by atomic mass is 32.2. The highest BCUT2D eigenvalue weighted by Gasteiger charge is 2.49. The molecule has 2 unspecified atom stereocenters. The first-order valence-corrected chi connectivity index (χ1v) is 8.43. The van der Waals surface area contributed by atoms with Gasteiger partial charge in [0, 0.05) is 11.5 Å². The van der Waals surface area contributed by atoms with Crippen LogP contribution in [0.15, 0.2) is 17.0 Å². The number of methoxy groups -OCH3 is 1. The Hall–Kier alpha value is -1.11. The molecule has 0 saturated heterocycles. The molecule has 0 amide bonds. The lowest BCUT2D eigenvalue weighted by Crippen LogP contribution is -2.61. The van der Waals surface area contributed by atoms with E-state index in [9.17, 15) is 13.5 Å². The van der Waals surface area contributed by atoms with Crippen LogP contribution in [0.1, 0.15) is 31.4 Å². The average Bonchev–Trinajstić information content (AvgIpc) is 2.36. The van der Waals surface area contributed by atoms with E-state index in [1.165, 1.54) is 0 Å². The molecule has 0 spiro atoms. The van der Waals surface area contributed by atoms with Crippen LogP contribution in [0.25, 0.3) is 0 Å². The molecule has 21 heavy (non-hydrogen) atoms. The van der Waals surface area contributed by atoms with Gasteiger partial charge in [0.05, 0.1) is 18.1 Å². The Morgan fingerprint density at radius 1 is 1.29 bits per heavy atom. The predicted molar refractivity (Wildman–Crippen MR) is 81.0 cm³/mol. The molecule has 1 fully saturated rings. The summed E-state index contributed by atoms with van der Waals surface area (Å²) in [5.74, 6) is 0.642. The third-order valence-electron chi connectivity index (χ3n) is 4.45. The van der Waals surface area contributed by atoms with Crippen LogP contribution in [0.3, 0.4) is 0 Å². The van der Waals surface area contributed by atoms with E-state index >= 15 is 0 Å². The molecule has 2 atom stereocenters. The van der Waals surface area contributed by atoms with Gasteiger partial charge in [-0.1, -0.05) is 13.8 Å². The lowest BCUT2D eigenvalue weighted by molar-refractivity contribution is -0.0645. The molecular formula is C15H23NO4S. The summed E-state index contributed by atoms with van der Waals surface area (Å²) in [7, 11) is -2.06. The quantitative estimate of drug-likeness (QED) is 0.888. The van der Waals surface area contributed by atoms with E-state index in [1.54, 1.807) is 33.1 Å². The van der Waals surface area contributed by atoms with Crippen molar-refractivity contribution in [1.29, 1.82) is 0 Å². The van der Waals surface area contributed by atoms with E-state index in [-0.39, 0.29) is 6.04 Å². The largest absolute Gasteiger partial charge is 0.497 e. The van der Waals surface area contributed by atoms with Gasteiger partial charge in [-0.3, -0.25) is 0 Å². The van der Waals surface area contributed by atoms with Crippen molar-refractivity contribution in [1.82, 2.24) is 4.72 Å². The lowest BCUT2D eigenvalue weighted by Gasteiger charge is -2.49. The minimum absolute atomic E-state index is 0.251. The minimum Gasteiger partial charge on any atom is -0.497 e. The SMILES string of the molecule is COc1cc(C)c(S(=O)(=O)NC2CC(O)C2(C)C)c(C)c1. The molecular weight excluding hydrogens is 290 g/mol. The molecule has 6 heteroatoms. The van der Waals surface area contributed by atoms with Gasteiger partial charge >= 0.3 is 0 Å². The molecule has 1 aliphatic carbocycles. The van der Waals surface area contributed by atoms with Gasteiger partial charge in [0.2, 0.25) is 10.0 Å². The molecule has 118 valence electrons. The fraction of sp³-hybridized carbons (Fsp3) is 0.600. The van der Waals surface area contributed by atoms with Crippen LogP contribution in [-0.2, 0) is 10.0 Å². The van der Waals surface area contributed by atoms with E-state index in [0.717, 1.165) is 0 Å². The van der Waals surface area contributed by atoms with Crippen LogP contribution in [-0.4, -0.2) is 32.8 Å². The van der Waals surface area contributed by atoms with Crippen molar-refractivity contribution in [3.63, 3.8) is 0 Å². The number of sulfonamides is 1. The normalized spacial score (nSPS) is 24.5. The van der Waals surface area contributed by atoms with Crippen molar-refractivity contribution in [2.45, 2.75) is 51.2 Å². The van der Waals surface area contributed by atoms with Crippen LogP contribution in [0.4, 0.5) is 0 Å². The van der Waals surface area contributed by atoms with E-state index in [4.69, 9.17) is 4.74 Å². The summed E-state index contributed by atoms with van der Waals surface area (Å²) in [6.45, 7) is 7.24. The van der Waals surface area contributed by atoms with Crippen molar-refractivity contribution in [3.05, 3.63) is 23.3 Å². The Labute approximate surface area is 126 Å². The van der Waals surface area contributed by atoms with Gasteiger partial charge in [-0.15, -0.1) is 0 Å². The van der Waals surface area contributed by atoms with Crippen molar-refractivity contribution < 1.29 is 18.3 Å². The minimum atomic E-state index is -3.62. The monoisotopic (exact) mass is 313 g/mol. The first-order valence-electron chi connectivity index (χ1n) is 6.95. The molecule has 0 radical (unpaired) electrons. The maximum Gasteiger partial charge on any atom is 0.241 e. The third kappa shape index (κ3) is 2.80. The Morgan fingerprint density at radius 3 is 2.19 bits per heavy atom. The standard InChI is InChI=1S/C15H23NO4S/c1-9-6-11(20-5)7-10(2)14(9)21(18,19)16-12-8-13(17)15(12,3)4/h6-7,12-13,16-17H,8H2,1-5H3. The predicted octanol–water partition coefficient (Wildman–Crippen LogP) is 1.75. The molecule has 1 aromatic rings. The molecule has 0 bridgehead atoms. The van der Waals surface area contributed by atoms with E-state index in [0.29, 0.717) is 28.2 Å². The summed E-state index contributed by atoms with van der Waals surface area (Å²) >= 11 is 0. The second kappa shape index (κ2) is 5.26. The van der Waals surface area contributed by atoms with Crippen LogP contribution in [0.5, 0.6) is 5.75 Å². The van der Waals surface area contributed by atoms with Gasteiger partial charge in [0.1, 0.15) is 5.75 Å². The lowest BCUT2D eigenvalue weighted by atomic mass is 9.65. The average molecular weight is 313 g/mol. The van der Waals surface area contributed by atoms with Gasteiger partial charge in [-0.25, -0.2) is 13.1 Å². The van der Waals surface area contributed by atoms with Gasteiger partial charge in [-0.2, -0.15) is 0 Å².